The molecule has 5 aromatic carbocycles. The van der Waals surface area contributed by atoms with Crippen LogP contribution < -0.4 is 0 Å². The molecule has 14 atom stereocenters. The summed E-state index contributed by atoms with van der Waals surface area (Å²) in [6.07, 6.45) is 9.54. The molecule has 0 N–H and O–H groups in total. The minimum absolute atomic E-state index is 0.0435. The predicted molar refractivity (Wildman–Crippen MR) is 474 cm³/mol. The number of hydrogen-bond acceptors (Lipinski definition) is 26. The van der Waals surface area contributed by atoms with Crippen LogP contribution in [0.5, 0.6) is 0 Å². The quantitative estimate of drug-likeness (QED) is 0.0354. The predicted octanol–water partition coefficient (Wildman–Crippen LogP) is 28.2. The van der Waals surface area contributed by atoms with Crippen molar-refractivity contribution in [2.75, 3.05) is 46.8 Å². The highest BCUT2D eigenvalue weighted by Gasteiger charge is 2.47. The van der Waals surface area contributed by atoms with Crippen LogP contribution in [0.1, 0.15) is 237 Å². The van der Waals surface area contributed by atoms with Gasteiger partial charge in [-0.3, -0.25) is 41.9 Å². The standard InChI is InChI=1S/C14H21O3P.C13H19O5PS.C12H15ClFO3P.C12H16ClO3P.C12H15F2O3P.2C11H16NO3P/c1-11(2)18(15)16-13(10-14(3,4)17-18)12-8-6-5-7-9-12;1-10(2)19(14)16-9-8-13(17-19)11-4-6-12(7-5-11)20-18-15-3;1-8(2)18(15)16-6-5-12(17-18)9-3-4-11(14)10(13)7-9;1-9(2)17(14)15-7-6-12(16-17)10-4-3-5-11(13)8-10;1-8(2)18(15)16-6-5-12(17-18)10-7-9(13)3-4-11(10)14;1-9(2)16(13)14-8-5-11(15-16)10-3-6-12-7-4-10;1-9(2)16(13)14-7-5-11(15-16)10-4-3-6-12-8-10/h5-9,11,13H,10H2,1-4H3;4-7,10,13H,8-9H2,1-3H3;3-4,7-8,12H,5-6H2,1-2H3;3-5,8-9,12H,6-7H2,1-2H3;3-4,7-8,12H,5-6H2,1-2H3;3-4,6-7,9,11H,5,8H2,1-2H3;3-4,6,8-9,11H,5,7H2,1-2H3. The van der Waals surface area contributed by atoms with Crippen LogP contribution in [0.15, 0.2) is 169 Å². The minimum Gasteiger partial charge on any atom is -0.308 e. The van der Waals surface area contributed by atoms with E-state index in [4.69, 9.17) is 90.9 Å². The summed E-state index contributed by atoms with van der Waals surface area (Å²) in [5, 5.41) is 0.707. The molecular weight excluding hydrogens is 1790 g/mol. The first kappa shape index (κ1) is 104. The third kappa shape index (κ3) is 30.6. The Morgan fingerprint density at radius 1 is 0.382 bits per heavy atom. The van der Waals surface area contributed by atoms with E-state index in [1.165, 1.54) is 19.2 Å². The fraction of sp³-hybridized carbons (Fsp3) is 0.529. The van der Waals surface area contributed by atoms with E-state index >= 15 is 0 Å². The zero-order valence-electron chi connectivity index (χ0n) is 72.6. The van der Waals surface area contributed by atoms with E-state index in [1.807, 2.05) is 186 Å². The number of benzene rings is 5. The van der Waals surface area contributed by atoms with Crippen molar-refractivity contribution in [1.82, 2.24) is 9.97 Å². The van der Waals surface area contributed by atoms with Crippen molar-refractivity contribution in [3.05, 3.63) is 231 Å². The third-order valence-electron chi connectivity index (χ3n) is 19.9. The van der Waals surface area contributed by atoms with Crippen molar-refractivity contribution in [3.8, 4) is 0 Å². The van der Waals surface area contributed by atoms with E-state index in [9.17, 15) is 45.1 Å². The molecule has 38 heteroatoms. The summed E-state index contributed by atoms with van der Waals surface area (Å²) in [7, 11) is -19.7. The molecule has 682 valence electrons. The monoisotopic (exact) mass is 1910 g/mol. The topological polar surface area (TPSA) is 293 Å². The highest BCUT2D eigenvalue weighted by atomic mass is 35.5. The molecule has 7 saturated heterocycles. The maximum atomic E-state index is 13.6. The number of pyridine rings is 2. The van der Waals surface area contributed by atoms with E-state index < -0.39 is 82.3 Å². The summed E-state index contributed by atoms with van der Waals surface area (Å²) in [6, 6.07) is 40.3. The first-order valence-electron chi connectivity index (χ1n) is 41.0. The first-order valence-corrected chi connectivity index (χ1v) is 53.8. The lowest BCUT2D eigenvalue weighted by Crippen LogP contribution is -2.33. The summed E-state index contributed by atoms with van der Waals surface area (Å²) in [6.45, 7) is 32.0. The van der Waals surface area contributed by atoms with Crippen LogP contribution in [0.3, 0.4) is 0 Å². The van der Waals surface area contributed by atoms with Crippen molar-refractivity contribution >= 4 is 88.4 Å². The molecule has 9 heterocycles. The van der Waals surface area contributed by atoms with Crippen LogP contribution in [0.4, 0.5) is 13.2 Å². The van der Waals surface area contributed by atoms with E-state index in [0.717, 1.165) is 81.4 Å². The molecule has 0 bridgehead atoms. The van der Waals surface area contributed by atoms with Crippen LogP contribution in [-0.4, -0.2) is 102 Å². The fourth-order valence-electron chi connectivity index (χ4n) is 12.5. The van der Waals surface area contributed by atoms with Crippen molar-refractivity contribution in [1.29, 1.82) is 0 Å². The molecule has 14 unspecified atom stereocenters. The smallest absolute Gasteiger partial charge is 0.308 e. The molecule has 14 rings (SSSR count). The van der Waals surface area contributed by atoms with Gasteiger partial charge in [0.1, 0.15) is 17.5 Å². The van der Waals surface area contributed by atoms with Crippen molar-refractivity contribution in [2.45, 2.75) is 249 Å². The second-order valence-corrected chi connectivity index (χ2v) is 51.8. The minimum atomic E-state index is -3.23. The Balaban J connectivity index is 0.000000178. The number of hydrogen-bond donors (Lipinski definition) is 0. The Bertz CT molecular complexity index is 4750. The van der Waals surface area contributed by atoms with Gasteiger partial charge in [-0.25, -0.2) is 18.1 Å². The molecule has 2 aromatic heterocycles. The Morgan fingerprint density at radius 3 is 1.16 bits per heavy atom. The molecule has 0 saturated carbocycles. The summed E-state index contributed by atoms with van der Waals surface area (Å²) in [5.74, 6) is -1.57. The van der Waals surface area contributed by atoms with Gasteiger partial charge < -0.3 is 63.3 Å². The summed E-state index contributed by atoms with van der Waals surface area (Å²) in [4.78, 5) is 13.5. The highest BCUT2D eigenvalue weighted by molar-refractivity contribution is 7.94. The summed E-state index contributed by atoms with van der Waals surface area (Å²) >= 11 is 12.8. The Kier molecular flexibility index (Phi) is 40.6. The van der Waals surface area contributed by atoms with Gasteiger partial charge in [-0.1, -0.05) is 187 Å². The molecule has 7 fully saturated rings. The van der Waals surface area contributed by atoms with Gasteiger partial charge in [0.15, 0.2) is 0 Å². The molecule has 7 aliphatic rings. The molecule has 0 spiro atoms. The van der Waals surface area contributed by atoms with Gasteiger partial charge in [0.2, 0.25) is 0 Å². The van der Waals surface area contributed by atoms with E-state index in [2.05, 4.69) is 14.9 Å². The summed E-state index contributed by atoms with van der Waals surface area (Å²) in [5.41, 5.74) is 4.32. The average molecular weight is 1910 g/mol. The van der Waals surface area contributed by atoms with Gasteiger partial charge in [-0.2, -0.15) is 4.33 Å². The molecule has 25 nitrogen and oxygen atoms in total. The molecule has 123 heavy (non-hydrogen) atoms. The van der Waals surface area contributed by atoms with Gasteiger partial charge >= 0.3 is 53.2 Å². The third-order valence-corrected chi connectivity index (χ3v) is 37.8. The lowest BCUT2D eigenvalue weighted by atomic mass is 9.96. The highest BCUT2D eigenvalue weighted by Crippen LogP contribution is 2.66. The van der Waals surface area contributed by atoms with E-state index in [-0.39, 0.29) is 93.4 Å². The second-order valence-electron chi connectivity index (χ2n) is 32.1. The van der Waals surface area contributed by atoms with E-state index in [0.29, 0.717) is 70.2 Å². The lowest BCUT2D eigenvalue weighted by Gasteiger charge is -2.41. The van der Waals surface area contributed by atoms with E-state index in [1.54, 1.807) is 58.5 Å². The van der Waals surface area contributed by atoms with Gasteiger partial charge in [0.25, 0.3) is 0 Å². The Hall–Kier alpha value is -3.91. The van der Waals surface area contributed by atoms with Gasteiger partial charge in [0, 0.05) is 85.2 Å². The van der Waals surface area contributed by atoms with Gasteiger partial charge in [-0.15, -0.1) is 0 Å². The maximum Gasteiger partial charge on any atom is 0.334 e. The first-order chi connectivity index (χ1) is 58.0. The Labute approximate surface area is 737 Å². The Morgan fingerprint density at radius 2 is 0.748 bits per heavy atom. The second kappa shape index (κ2) is 47.8. The maximum absolute atomic E-state index is 13.6. The normalized spacial score (nSPS) is 29.4. The molecule has 7 aromatic rings. The SMILES string of the molecule is CC(C)P1(=O)OC(c2ccccc2)CC(C)(C)O1.CC(C)P1(=O)OCCC(c2cc(F)ccc2F)O1.CC(C)P1(=O)OCCC(c2ccc(F)c(Cl)c2)O1.CC(C)P1(=O)OCCC(c2cccc(Cl)c2)O1.CC(C)P1(=O)OCCC(c2cccnc2)O1.CC(C)P1(=O)OCCC(c2ccncc2)O1.COOSc1ccc(C2CCOP(=O)(C(C)C)O2)cc1. The van der Waals surface area contributed by atoms with Crippen LogP contribution in [-0.2, 0) is 105 Å². The average Bonchev–Trinajstić information content (AvgIpc) is 0.774. The molecule has 0 aliphatic carbocycles. The van der Waals surface area contributed by atoms with Crippen LogP contribution >= 0.6 is 88.4 Å². The number of halogens is 5. The zero-order valence-corrected chi connectivity index (χ0v) is 81.2. The number of nitrogens with zero attached hydrogens (tertiary/aromatic N) is 2. The molecular formula is C85H118Cl2F3N2O23P7S. The van der Waals surface area contributed by atoms with Crippen LogP contribution in [0.25, 0.3) is 0 Å². The lowest BCUT2D eigenvalue weighted by molar-refractivity contribution is -0.160. The van der Waals surface area contributed by atoms with Crippen LogP contribution in [0, 0.1) is 17.5 Å². The van der Waals surface area contributed by atoms with Gasteiger partial charge in [0.05, 0.1) is 152 Å². The largest absolute Gasteiger partial charge is 0.334 e. The van der Waals surface area contributed by atoms with Crippen molar-refractivity contribution in [3.63, 3.8) is 0 Å². The van der Waals surface area contributed by atoms with Crippen molar-refractivity contribution < 1.29 is 118 Å². The molecule has 0 radical (unpaired) electrons. The number of aromatic nitrogens is 2. The molecule has 7 aliphatic heterocycles. The van der Waals surface area contributed by atoms with Crippen LogP contribution in [0.2, 0.25) is 10.0 Å². The summed E-state index contributed by atoms with van der Waals surface area (Å²) < 4.78 is 208. The van der Waals surface area contributed by atoms with Gasteiger partial charge in [-0.05, 0) is 120 Å². The zero-order chi connectivity index (χ0) is 90.3. The number of rotatable bonds is 17. The molecule has 0 amide bonds. The van der Waals surface area contributed by atoms with Crippen molar-refractivity contribution in [2.24, 2.45) is 0 Å². The fourth-order valence-corrected chi connectivity index (χ4v) is 24.4.